The van der Waals surface area contributed by atoms with Crippen molar-refractivity contribution in [2.75, 3.05) is 11.9 Å². The maximum absolute atomic E-state index is 14.0. The molecule has 120 valence electrons. The number of aromatic nitrogens is 1. The van der Waals surface area contributed by atoms with Gasteiger partial charge < -0.3 is 5.32 Å². The summed E-state index contributed by atoms with van der Waals surface area (Å²) in [6.45, 7) is 4.35. The first-order chi connectivity index (χ1) is 11.1. The van der Waals surface area contributed by atoms with E-state index in [1.54, 1.807) is 24.3 Å². The van der Waals surface area contributed by atoms with Gasteiger partial charge in [0.25, 0.3) is 0 Å². The van der Waals surface area contributed by atoms with E-state index < -0.39 is 0 Å². The molecule has 1 fully saturated rings. The van der Waals surface area contributed by atoms with Gasteiger partial charge in [0.05, 0.1) is 12.2 Å². The largest absolute Gasteiger partial charge is 0.351 e. The van der Waals surface area contributed by atoms with Gasteiger partial charge in [0.15, 0.2) is 5.13 Å². The molecule has 1 heterocycles. The van der Waals surface area contributed by atoms with E-state index in [2.05, 4.69) is 18.2 Å². The van der Waals surface area contributed by atoms with E-state index in [-0.39, 0.29) is 11.7 Å². The van der Waals surface area contributed by atoms with Crippen LogP contribution in [0.2, 0.25) is 0 Å². The predicted octanol–water partition coefficient (Wildman–Crippen LogP) is 4.88. The highest BCUT2D eigenvalue weighted by atomic mass is 32.1. The molecule has 2 nitrogen and oxygen atoms in total. The third-order valence-corrected chi connectivity index (χ3v) is 5.31. The van der Waals surface area contributed by atoms with Crippen LogP contribution in [-0.2, 0) is 0 Å². The first-order valence-corrected chi connectivity index (χ1v) is 8.81. The van der Waals surface area contributed by atoms with Gasteiger partial charge in [-0.05, 0) is 43.4 Å². The third kappa shape index (κ3) is 3.73. The van der Waals surface area contributed by atoms with Crippen molar-refractivity contribution in [2.24, 2.45) is 5.92 Å². The van der Waals surface area contributed by atoms with Crippen LogP contribution in [-0.4, -0.2) is 11.5 Å². The van der Waals surface area contributed by atoms with E-state index in [0.717, 1.165) is 28.7 Å². The molecule has 23 heavy (non-hydrogen) atoms. The van der Waals surface area contributed by atoms with Crippen molar-refractivity contribution in [3.63, 3.8) is 0 Å². The topological polar surface area (TPSA) is 24.9 Å². The molecule has 0 spiro atoms. The normalized spacial score (nSPS) is 15.2. The summed E-state index contributed by atoms with van der Waals surface area (Å²) >= 11 is 1.62. The number of hydrogen-bond acceptors (Lipinski definition) is 3. The number of nitrogens with zero attached hydrogens (tertiary/aromatic N) is 1. The number of thiazole rings is 1. The molecule has 0 unspecified atom stereocenters. The monoisotopic (exact) mass is 328 g/mol. The van der Waals surface area contributed by atoms with Crippen LogP contribution in [0.25, 0.3) is 0 Å². The van der Waals surface area contributed by atoms with Crippen molar-refractivity contribution >= 4 is 16.5 Å². The smallest absolute Gasteiger partial charge is 0.183 e. The van der Waals surface area contributed by atoms with Crippen molar-refractivity contribution in [3.8, 4) is 12.3 Å². The lowest BCUT2D eigenvalue weighted by molar-refractivity contribution is 0.600. The zero-order valence-electron chi connectivity index (χ0n) is 13.5. The lowest BCUT2D eigenvalue weighted by atomic mass is 9.89. The van der Waals surface area contributed by atoms with Crippen LogP contribution in [0.5, 0.6) is 0 Å². The van der Waals surface area contributed by atoms with Crippen molar-refractivity contribution in [3.05, 3.63) is 45.7 Å². The molecule has 0 saturated heterocycles. The van der Waals surface area contributed by atoms with Crippen molar-refractivity contribution in [1.29, 1.82) is 0 Å². The number of aryl methyl sites for hydroxylation is 2. The molecule has 1 aliphatic rings. The van der Waals surface area contributed by atoms with Gasteiger partial charge in [-0.2, -0.15) is 0 Å². The lowest BCUT2D eigenvalue weighted by Gasteiger charge is -2.17. The summed E-state index contributed by atoms with van der Waals surface area (Å²) in [7, 11) is 0. The Kier molecular flexibility index (Phi) is 4.68. The van der Waals surface area contributed by atoms with Crippen LogP contribution >= 0.6 is 11.3 Å². The maximum Gasteiger partial charge on any atom is 0.183 e. The van der Waals surface area contributed by atoms with Gasteiger partial charge in [-0.25, -0.2) is 9.37 Å². The fourth-order valence-corrected chi connectivity index (χ4v) is 3.72. The molecule has 1 saturated carbocycles. The van der Waals surface area contributed by atoms with Gasteiger partial charge in [0.1, 0.15) is 5.82 Å². The Morgan fingerprint density at radius 3 is 2.87 bits per heavy atom. The van der Waals surface area contributed by atoms with Crippen LogP contribution in [0.1, 0.15) is 46.9 Å². The number of terminal acetylenes is 1. The summed E-state index contributed by atoms with van der Waals surface area (Å²) in [6.07, 6.45) is 8.89. The molecule has 0 aliphatic heterocycles. The average molecular weight is 328 g/mol. The summed E-state index contributed by atoms with van der Waals surface area (Å²) in [5.41, 5.74) is 2.77. The first-order valence-electron chi connectivity index (χ1n) is 7.99. The van der Waals surface area contributed by atoms with Crippen LogP contribution in [0.4, 0.5) is 9.52 Å². The van der Waals surface area contributed by atoms with E-state index in [1.807, 2.05) is 12.1 Å². The second-order valence-electron chi connectivity index (χ2n) is 6.26. The minimum Gasteiger partial charge on any atom is -0.351 e. The van der Waals surface area contributed by atoms with E-state index in [9.17, 15) is 4.39 Å². The molecule has 1 aromatic heterocycles. The standard InChI is InChI=1S/C19H21FN2S/c1-4-9-21-19-22-18(13(3)23-19)16(10-14-6-7-14)15-8-5-12(2)17(20)11-15/h1,5,8,11,14,16H,6-7,9-10H2,2-3H3,(H,21,22)/t16-/m0/s1. The molecular formula is C19H21FN2S. The van der Waals surface area contributed by atoms with E-state index >= 15 is 0 Å². The Morgan fingerprint density at radius 1 is 1.43 bits per heavy atom. The highest BCUT2D eigenvalue weighted by molar-refractivity contribution is 7.15. The fraction of sp³-hybridized carbons (Fsp3) is 0.421. The molecule has 2 aromatic rings. The third-order valence-electron chi connectivity index (χ3n) is 4.37. The summed E-state index contributed by atoms with van der Waals surface area (Å²) in [6, 6.07) is 5.58. The minimum atomic E-state index is -0.137. The highest BCUT2D eigenvalue weighted by Gasteiger charge is 2.30. The Bertz CT molecular complexity index is 740. The molecule has 1 atom stereocenters. The van der Waals surface area contributed by atoms with E-state index in [4.69, 9.17) is 11.4 Å². The number of nitrogens with one attached hydrogen (secondary N) is 1. The number of rotatable bonds is 6. The summed E-state index contributed by atoms with van der Waals surface area (Å²) < 4.78 is 14.0. The first kappa shape index (κ1) is 16.0. The summed E-state index contributed by atoms with van der Waals surface area (Å²) in [5, 5.41) is 4.00. The Labute approximate surface area is 141 Å². The zero-order valence-corrected chi connectivity index (χ0v) is 14.3. The van der Waals surface area contributed by atoms with Crippen molar-refractivity contribution in [2.45, 2.75) is 39.0 Å². The van der Waals surface area contributed by atoms with Crippen LogP contribution in [0, 0.1) is 37.9 Å². The van der Waals surface area contributed by atoms with Gasteiger partial charge in [0, 0.05) is 10.8 Å². The second kappa shape index (κ2) is 6.72. The molecule has 1 aliphatic carbocycles. The van der Waals surface area contributed by atoms with E-state index in [0.29, 0.717) is 12.1 Å². The van der Waals surface area contributed by atoms with Crippen LogP contribution in [0.3, 0.4) is 0 Å². The zero-order chi connectivity index (χ0) is 16.4. The lowest BCUT2D eigenvalue weighted by Crippen LogP contribution is -2.06. The number of benzene rings is 1. The van der Waals surface area contributed by atoms with Gasteiger partial charge in [-0.15, -0.1) is 17.8 Å². The molecular weight excluding hydrogens is 307 g/mol. The molecule has 3 rings (SSSR count). The maximum atomic E-state index is 14.0. The quantitative estimate of drug-likeness (QED) is 0.765. The molecule has 0 bridgehead atoms. The molecule has 1 N–H and O–H groups in total. The summed E-state index contributed by atoms with van der Waals surface area (Å²) in [5.74, 6) is 3.34. The minimum absolute atomic E-state index is 0.137. The van der Waals surface area contributed by atoms with Gasteiger partial charge in [0.2, 0.25) is 0 Å². The van der Waals surface area contributed by atoms with Gasteiger partial charge in [-0.3, -0.25) is 0 Å². The number of anilines is 1. The second-order valence-corrected chi connectivity index (χ2v) is 7.46. The SMILES string of the molecule is C#CCNc1nc([C@@H](CC2CC2)c2ccc(C)c(F)c2)c(C)s1. The highest BCUT2D eigenvalue weighted by Crippen LogP contribution is 2.43. The molecule has 0 amide bonds. The molecule has 0 radical (unpaired) electrons. The van der Waals surface area contributed by atoms with Crippen LogP contribution in [0.15, 0.2) is 18.2 Å². The van der Waals surface area contributed by atoms with E-state index in [1.165, 1.54) is 17.7 Å². The van der Waals surface area contributed by atoms with Gasteiger partial charge >= 0.3 is 0 Å². The Morgan fingerprint density at radius 2 is 2.22 bits per heavy atom. The Hall–Kier alpha value is -1.86. The van der Waals surface area contributed by atoms with Crippen molar-refractivity contribution in [1.82, 2.24) is 4.98 Å². The number of halogens is 1. The summed E-state index contributed by atoms with van der Waals surface area (Å²) in [4.78, 5) is 5.92. The van der Waals surface area contributed by atoms with Crippen molar-refractivity contribution < 1.29 is 4.39 Å². The average Bonchev–Trinajstić information content (AvgIpc) is 3.28. The molecule has 4 heteroatoms. The molecule has 1 aromatic carbocycles. The fourth-order valence-electron chi connectivity index (χ4n) is 2.85. The number of hydrogen-bond donors (Lipinski definition) is 1. The van der Waals surface area contributed by atoms with Crippen LogP contribution < -0.4 is 5.32 Å². The van der Waals surface area contributed by atoms with Gasteiger partial charge in [-0.1, -0.05) is 30.9 Å². The Balaban J connectivity index is 1.93. The predicted molar refractivity (Wildman–Crippen MR) is 94.5 cm³/mol.